The minimum absolute atomic E-state index is 0.112. The summed E-state index contributed by atoms with van der Waals surface area (Å²) in [7, 11) is 0. The molecule has 3 fully saturated rings. The van der Waals surface area contributed by atoms with Crippen molar-refractivity contribution in [2.24, 2.45) is 28.6 Å². The zero-order chi connectivity index (χ0) is 16.9. The highest BCUT2D eigenvalue weighted by Crippen LogP contribution is 2.64. The van der Waals surface area contributed by atoms with Crippen LogP contribution in [-0.2, 0) is 9.59 Å². The molecule has 3 heteroatoms. The summed E-state index contributed by atoms with van der Waals surface area (Å²) in [4.78, 5) is 24.5. The van der Waals surface area contributed by atoms with E-state index < -0.39 is 0 Å². The third-order valence-electron chi connectivity index (χ3n) is 7.70. The normalized spacial score (nSPS) is 44.5. The third kappa shape index (κ3) is 2.01. The number of rotatable bonds is 1. The molecule has 4 aliphatic rings. The Kier molecular flexibility index (Phi) is 3.56. The summed E-state index contributed by atoms with van der Waals surface area (Å²) in [5.41, 5.74) is 1.01. The zero-order valence-corrected chi connectivity index (χ0v) is 14.4. The van der Waals surface area contributed by atoms with Crippen molar-refractivity contribution in [3.8, 4) is 6.07 Å². The lowest BCUT2D eigenvalue weighted by molar-refractivity contribution is -0.131. The molecule has 0 aromatic heterocycles. The van der Waals surface area contributed by atoms with Gasteiger partial charge in [-0.2, -0.15) is 5.26 Å². The molecule has 0 saturated heterocycles. The fourth-order valence-electron chi connectivity index (χ4n) is 6.46. The molecule has 24 heavy (non-hydrogen) atoms. The molecule has 4 aliphatic carbocycles. The Hall–Kier alpha value is -1.69. The predicted molar refractivity (Wildman–Crippen MR) is 90.8 cm³/mol. The molecular weight excluding hydrogens is 298 g/mol. The highest BCUT2D eigenvalue weighted by Gasteiger charge is 2.59. The number of allylic oxidation sites excluding steroid dienone is 4. The van der Waals surface area contributed by atoms with Crippen molar-refractivity contribution in [1.82, 2.24) is 0 Å². The van der Waals surface area contributed by atoms with Crippen LogP contribution in [0.1, 0.15) is 58.3 Å². The van der Waals surface area contributed by atoms with E-state index in [1.807, 2.05) is 0 Å². The van der Waals surface area contributed by atoms with Gasteiger partial charge in [-0.25, -0.2) is 0 Å². The van der Waals surface area contributed by atoms with E-state index in [1.165, 1.54) is 5.57 Å². The average Bonchev–Trinajstić information content (AvgIpc) is 2.88. The second kappa shape index (κ2) is 5.41. The van der Waals surface area contributed by atoms with E-state index in [4.69, 9.17) is 5.26 Å². The van der Waals surface area contributed by atoms with Crippen molar-refractivity contribution >= 4 is 11.6 Å². The van der Waals surface area contributed by atoms with Gasteiger partial charge in [0.1, 0.15) is 11.6 Å². The number of fused-ring (bicyclic) bond motifs is 5. The number of Topliss-reactive ketones (excluding diaryl/α,β-unsaturated/α-hetero) is 2. The van der Waals surface area contributed by atoms with Crippen LogP contribution in [0.5, 0.6) is 0 Å². The quantitative estimate of drug-likeness (QED) is 0.538. The maximum Gasteiger partial charge on any atom is 0.139 e. The summed E-state index contributed by atoms with van der Waals surface area (Å²) in [5, 5.41) is 9.09. The first-order chi connectivity index (χ1) is 11.5. The summed E-state index contributed by atoms with van der Waals surface area (Å²) in [6, 6.07) is 2.16. The fraction of sp³-hybridized carbons (Fsp3) is 0.667. The van der Waals surface area contributed by atoms with E-state index in [2.05, 4.69) is 25.1 Å². The van der Waals surface area contributed by atoms with Crippen molar-refractivity contribution in [3.63, 3.8) is 0 Å². The van der Waals surface area contributed by atoms with E-state index >= 15 is 0 Å². The minimum Gasteiger partial charge on any atom is -0.299 e. The first-order valence-corrected chi connectivity index (χ1v) is 9.33. The molecule has 5 atom stereocenters. The molecule has 126 valence electrons. The SMILES string of the molecule is C[C@]12CC[C@H]3[C@@H](CC=C4CC(=O)CC[C@@]43C=CC#N)[C@@H]1CCC2=O. The van der Waals surface area contributed by atoms with Gasteiger partial charge in [0, 0.05) is 36.2 Å². The van der Waals surface area contributed by atoms with Gasteiger partial charge < -0.3 is 0 Å². The minimum atomic E-state index is -0.128. The molecule has 0 aromatic carbocycles. The Labute approximate surface area is 143 Å². The van der Waals surface area contributed by atoms with Crippen LogP contribution < -0.4 is 0 Å². The fourth-order valence-corrected chi connectivity index (χ4v) is 6.46. The van der Waals surface area contributed by atoms with Gasteiger partial charge in [0.15, 0.2) is 0 Å². The van der Waals surface area contributed by atoms with Gasteiger partial charge in [0.05, 0.1) is 6.07 Å². The molecule has 0 radical (unpaired) electrons. The molecular formula is C21H25NO2. The molecule has 4 rings (SSSR count). The monoisotopic (exact) mass is 323 g/mol. The van der Waals surface area contributed by atoms with Gasteiger partial charge in [0.25, 0.3) is 0 Å². The van der Waals surface area contributed by atoms with Crippen LogP contribution in [0, 0.1) is 39.9 Å². The number of carbonyl (C=O) groups is 2. The average molecular weight is 323 g/mol. The lowest BCUT2D eigenvalue weighted by Gasteiger charge is -2.56. The summed E-state index contributed by atoms with van der Waals surface area (Å²) in [6.07, 6.45) is 12.8. The molecule has 3 nitrogen and oxygen atoms in total. The molecule has 0 unspecified atom stereocenters. The zero-order valence-electron chi connectivity index (χ0n) is 14.4. The molecule has 0 aromatic rings. The van der Waals surface area contributed by atoms with Crippen LogP contribution in [0.25, 0.3) is 0 Å². The first-order valence-electron chi connectivity index (χ1n) is 9.33. The predicted octanol–water partition coefficient (Wildman–Crippen LogP) is 4.15. The van der Waals surface area contributed by atoms with Crippen LogP contribution in [0.2, 0.25) is 0 Å². The van der Waals surface area contributed by atoms with E-state index in [0.29, 0.717) is 42.2 Å². The summed E-state index contributed by atoms with van der Waals surface area (Å²) >= 11 is 0. The number of ketones is 2. The smallest absolute Gasteiger partial charge is 0.139 e. The van der Waals surface area contributed by atoms with Crippen molar-refractivity contribution in [1.29, 1.82) is 5.26 Å². The lowest BCUT2D eigenvalue weighted by atomic mass is 9.47. The standard InChI is InChI=1S/C21H25NO2/c1-20-10-8-18-16(17(20)5-6-19(20)24)4-3-14-13-15(23)7-11-21(14,18)9-2-12-22/h2-3,9,16-18H,4-8,10-11,13H2,1H3/t16-,17-,18-,20-,21-/m0/s1. The van der Waals surface area contributed by atoms with E-state index in [9.17, 15) is 9.59 Å². The number of nitrogens with zero attached hydrogens (tertiary/aromatic N) is 1. The van der Waals surface area contributed by atoms with Gasteiger partial charge in [-0.05, 0) is 49.9 Å². The van der Waals surface area contributed by atoms with Crippen LogP contribution >= 0.6 is 0 Å². The lowest BCUT2D eigenvalue weighted by Crippen LogP contribution is -2.50. The molecule has 3 saturated carbocycles. The summed E-state index contributed by atoms with van der Waals surface area (Å²) in [6.45, 7) is 2.19. The molecule has 0 aliphatic heterocycles. The van der Waals surface area contributed by atoms with Crippen molar-refractivity contribution in [3.05, 3.63) is 23.8 Å². The first kappa shape index (κ1) is 15.8. The Morgan fingerprint density at radius 2 is 2.04 bits per heavy atom. The Bertz CT molecular complexity index is 697. The van der Waals surface area contributed by atoms with E-state index in [1.54, 1.807) is 6.08 Å². The van der Waals surface area contributed by atoms with Gasteiger partial charge in [0.2, 0.25) is 0 Å². The van der Waals surface area contributed by atoms with Crippen LogP contribution in [0.4, 0.5) is 0 Å². The Morgan fingerprint density at radius 3 is 2.83 bits per heavy atom. The number of nitriles is 1. The maximum absolute atomic E-state index is 12.5. The molecule has 0 heterocycles. The number of hydrogen-bond acceptors (Lipinski definition) is 3. The van der Waals surface area contributed by atoms with Gasteiger partial charge >= 0.3 is 0 Å². The van der Waals surface area contributed by atoms with Crippen LogP contribution in [0.15, 0.2) is 23.8 Å². The van der Waals surface area contributed by atoms with E-state index in [-0.39, 0.29) is 10.8 Å². The molecule has 0 bridgehead atoms. The van der Waals surface area contributed by atoms with E-state index in [0.717, 1.165) is 38.5 Å². The third-order valence-corrected chi connectivity index (χ3v) is 7.70. The summed E-state index contributed by atoms with van der Waals surface area (Å²) in [5.74, 6) is 2.28. The number of hydrogen-bond donors (Lipinski definition) is 0. The second-order valence-corrected chi connectivity index (χ2v) is 8.48. The topological polar surface area (TPSA) is 57.9 Å². The van der Waals surface area contributed by atoms with Gasteiger partial charge in [-0.15, -0.1) is 0 Å². The number of carbonyl (C=O) groups excluding carboxylic acids is 2. The van der Waals surface area contributed by atoms with Crippen molar-refractivity contribution in [2.45, 2.75) is 58.3 Å². The molecule has 0 spiro atoms. The highest BCUT2D eigenvalue weighted by atomic mass is 16.1. The van der Waals surface area contributed by atoms with Gasteiger partial charge in [-0.3, -0.25) is 9.59 Å². The van der Waals surface area contributed by atoms with Gasteiger partial charge in [-0.1, -0.05) is 24.6 Å². The molecule has 0 N–H and O–H groups in total. The van der Waals surface area contributed by atoms with Crippen LogP contribution in [-0.4, -0.2) is 11.6 Å². The van der Waals surface area contributed by atoms with Crippen molar-refractivity contribution in [2.75, 3.05) is 0 Å². The maximum atomic E-state index is 12.5. The Morgan fingerprint density at radius 1 is 1.21 bits per heavy atom. The van der Waals surface area contributed by atoms with Crippen molar-refractivity contribution < 1.29 is 9.59 Å². The Balaban J connectivity index is 1.76. The van der Waals surface area contributed by atoms with Crippen LogP contribution in [0.3, 0.4) is 0 Å². The highest BCUT2D eigenvalue weighted by molar-refractivity contribution is 5.87. The largest absolute Gasteiger partial charge is 0.299 e. The summed E-state index contributed by atoms with van der Waals surface area (Å²) < 4.78 is 0. The molecule has 0 amide bonds. The second-order valence-electron chi connectivity index (χ2n) is 8.48.